The molecule has 0 heterocycles. The lowest BCUT2D eigenvalue weighted by Crippen LogP contribution is -2.12. The highest BCUT2D eigenvalue weighted by Crippen LogP contribution is 2.12. The summed E-state index contributed by atoms with van der Waals surface area (Å²) < 4.78 is 14.0. The summed E-state index contributed by atoms with van der Waals surface area (Å²) in [5, 5.41) is 0. The molecular weight excluding hydrogens is 240 g/mol. The lowest BCUT2D eigenvalue weighted by Gasteiger charge is -2.05. The molecule has 0 aliphatic heterocycles. The maximum Gasteiger partial charge on any atom is 0.338 e. The van der Waals surface area contributed by atoms with Gasteiger partial charge in [0.05, 0.1) is 5.56 Å². The van der Waals surface area contributed by atoms with Gasteiger partial charge in [-0.1, -0.05) is 0 Å². The minimum atomic E-state index is -0.542. The van der Waals surface area contributed by atoms with Gasteiger partial charge in [-0.05, 0) is 24.3 Å². The Kier molecular flexibility index (Phi) is 5.37. The van der Waals surface area contributed by atoms with Crippen LogP contribution in [-0.4, -0.2) is 31.6 Å². The van der Waals surface area contributed by atoms with Crippen molar-refractivity contribution >= 4 is 18.4 Å². The maximum absolute atomic E-state index is 11.5. The second kappa shape index (κ2) is 7.05. The van der Waals surface area contributed by atoms with E-state index in [2.05, 4.69) is 9.47 Å². The van der Waals surface area contributed by atoms with Gasteiger partial charge < -0.3 is 14.2 Å². The van der Waals surface area contributed by atoms with Crippen LogP contribution in [-0.2, 0) is 19.1 Å². The van der Waals surface area contributed by atoms with Crippen molar-refractivity contribution in [3.63, 3.8) is 0 Å². The molecule has 1 aromatic rings. The van der Waals surface area contributed by atoms with Crippen molar-refractivity contribution in [1.29, 1.82) is 0 Å². The number of rotatable bonds is 6. The third kappa shape index (κ3) is 4.65. The van der Waals surface area contributed by atoms with Crippen molar-refractivity contribution in [2.75, 3.05) is 13.2 Å². The Hall–Kier alpha value is -2.37. The first-order chi connectivity index (χ1) is 8.63. The fraction of sp³-hybridized carbons (Fsp3) is 0.250. The Labute approximate surface area is 103 Å². The molecule has 96 valence electrons. The Balaban J connectivity index is 2.41. The monoisotopic (exact) mass is 252 g/mol. The number of esters is 2. The van der Waals surface area contributed by atoms with Crippen molar-refractivity contribution in [2.45, 2.75) is 6.92 Å². The SMILES string of the molecule is CC(=O)OCCOC(=O)c1ccc(OC=O)cc1. The van der Waals surface area contributed by atoms with Crippen LogP contribution in [0.15, 0.2) is 24.3 Å². The van der Waals surface area contributed by atoms with Crippen LogP contribution in [0.3, 0.4) is 0 Å². The number of ether oxygens (including phenoxy) is 3. The molecule has 0 aliphatic carbocycles. The van der Waals surface area contributed by atoms with E-state index in [1.165, 1.54) is 31.2 Å². The standard InChI is InChI=1S/C12H12O6/c1-9(14)16-6-7-17-12(15)10-2-4-11(5-3-10)18-8-13/h2-5,8H,6-7H2,1H3. The zero-order valence-corrected chi connectivity index (χ0v) is 9.75. The molecule has 0 atom stereocenters. The van der Waals surface area contributed by atoms with Crippen LogP contribution < -0.4 is 4.74 Å². The summed E-state index contributed by atoms with van der Waals surface area (Å²) in [5.74, 6) is -0.636. The van der Waals surface area contributed by atoms with E-state index in [9.17, 15) is 14.4 Å². The van der Waals surface area contributed by atoms with Crippen LogP contribution in [0.5, 0.6) is 5.75 Å². The molecule has 0 saturated carbocycles. The molecule has 0 aliphatic rings. The quantitative estimate of drug-likeness (QED) is 0.426. The second-order valence-corrected chi connectivity index (χ2v) is 3.21. The van der Waals surface area contributed by atoms with Crippen molar-refractivity contribution in [1.82, 2.24) is 0 Å². The fourth-order valence-corrected chi connectivity index (χ4v) is 1.13. The average molecular weight is 252 g/mol. The Bertz CT molecular complexity index is 423. The molecule has 0 radical (unpaired) electrons. The molecule has 0 unspecified atom stereocenters. The van der Waals surface area contributed by atoms with E-state index in [0.717, 1.165) is 0 Å². The molecule has 0 amide bonds. The van der Waals surface area contributed by atoms with E-state index in [-0.39, 0.29) is 13.2 Å². The van der Waals surface area contributed by atoms with Crippen LogP contribution in [0.4, 0.5) is 0 Å². The van der Waals surface area contributed by atoms with Crippen molar-refractivity contribution < 1.29 is 28.6 Å². The second-order valence-electron chi connectivity index (χ2n) is 3.21. The summed E-state index contributed by atoms with van der Waals surface area (Å²) in [6, 6.07) is 5.87. The smallest absolute Gasteiger partial charge is 0.338 e. The highest BCUT2D eigenvalue weighted by atomic mass is 16.6. The predicted molar refractivity (Wildman–Crippen MR) is 60.0 cm³/mol. The number of benzene rings is 1. The fourth-order valence-electron chi connectivity index (χ4n) is 1.13. The summed E-state index contributed by atoms with van der Waals surface area (Å²) in [4.78, 5) is 32.0. The van der Waals surface area contributed by atoms with Gasteiger partial charge in [0.2, 0.25) is 0 Å². The van der Waals surface area contributed by atoms with E-state index in [0.29, 0.717) is 17.8 Å². The molecular formula is C12H12O6. The third-order valence-electron chi connectivity index (χ3n) is 1.90. The molecule has 1 rings (SSSR count). The van der Waals surface area contributed by atoms with Crippen molar-refractivity contribution in [3.8, 4) is 5.75 Å². The molecule has 6 heteroatoms. The lowest BCUT2D eigenvalue weighted by atomic mass is 10.2. The molecule has 0 saturated heterocycles. The van der Waals surface area contributed by atoms with Gasteiger partial charge >= 0.3 is 11.9 Å². The van der Waals surface area contributed by atoms with Crippen LogP contribution in [0.1, 0.15) is 17.3 Å². The Morgan fingerprint density at radius 2 is 1.72 bits per heavy atom. The van der Waals surface area contributed by atoms with Crippen molar-refractivity contribution in [2.24, 2.45) is 0 Å². The number of carbonyl (C=O) groups is 3. The summed E-state index contributed by atoms with van der Waals surface area (Å²) in [5.41, 5.74) is 0.316. The Morgan fingerprint density at radius 3 is 2.28 bits per heavy atom. The minimum Gasteiger partial charge on any atom is -0.462 e. The van der Waals surface area contributed by atoms with Crippen molar-refractivity contribution in [3.05, 3.63) is 29.8 Å². The van der Waals surface area contributed by atoms with E-state index < -0.39 is 11.9 Å². The van der Waals surface area contributed by atoms with Gasteiger partial charge in [0.15, 0.2) is 0 Å². The van der Waals surface area contributed by atoms with Gasteiger partial charge in [0, 0.05) is 6.92 Å². The molecule has 1 aromatic carbocycles. The zero-order valence-electron chi connectivity index (χ0n) is 9.75. The first-order valence-electron chi connectivity index (χ1n) is 5.14. The van der Waals surface area contributed by atoms with Gasteiger partial charge in [-0.2, -0.15) is 0 Å². The zero-order chi connectivity index (χ0) is 13.4. The van der Waals surface area contributed by atoms with Crippen LogP contribution in [0, 0.1) is 0 Å². The van der Waals surface area contributed by atoms with Crippen LogP contribution >= 0.6 is 0 Å². The van der Waals surface area contributed by atoms with Gasteiger partial charge in [0.25, 0.3) is 6.47 Å². The molecule has 0 spiro atoms. The summed E-state index contributed by atoms with van der Waals surface area (Å²) in [6.07, 6.45) is 0. The molecule has 6 nitrogen and oxygen atoms in total. The predicted octanol–water partition coefficient (Wildman–Crippen LogP) is 0.942. The van der Waals surface area contributed by atoms with E-state index >= 15 is 0 Å². The first kappa shape index (κ1) is 13.7. The largest absolute Gasteiger partial charge is 0.462 e. The van der Waals surface area contributed by atoms with Gasteiger partial charge in [-0.25, -0.2) is 4.79 Å². The average Bonchev–Trinajstić information content (AvgIpc) is 2.35. The summed E-state index contributed by atoms with van der Waals surface area (Å²) >= 11 is 0. The molecule has 0 bridgehead atoms. The molecule has 0 aromatic heterocycles. The normalized spacial score (nSPS) is 9.39. The van der Waals surface area contributed by atoms with Gasteiger partial charge in [-0.3, -0.25) is 9.59 Å². The van der Waals surface area contributed by atoms with Crippen LogP contribution in [0.25, 0.3) is 0 Å². The highest BCUT2D eigenvalue weighted by molar-refractivity contribution is 5.89. The van der Waals surface area contributed by atoms with Crippen LogP contribution in [0.2, 0.25) is 0 Å². The summed E-state index contributed by atoms with van der Waals surface area (Å²) in [6.45, 7) is 1.58. The summed E-state index contributed by atoms with van der Waals surface area (Å²) in [7, 11) is 0. The number of hydrogen-bond acceptors (Lipinski definition) is 6. The number of carbonyl (C=O) groups excluding carboxylic acids is 3. The first-order valence-corrected chi connectivity index (χ1v) is 5.14. The highest BCUT2D eigenvalue weighted by Gasteiger charge is 2.07. The molecule has 18 heavy (non-hydrogen) atoms. The Morgan fingerprint density at radius 1 is 1.11 bits per heavy atom. The minimum absolute atomic E-state index is 0.00893. The number of hydrogen-bond donors (Lipinski definition) is 0. The topological polar surface area (TPSA) is 78.9 Å². The van der Waals surface area contributed by atoms with E-state index in [1.807, 2.05) is 0 Å². The van der Waals surface area contributed by atoms with E-state index in [4.69, 9.17) is 4.74 Å². The third-order valence-corrected chi connectivity index (χ3v) is 1.90. The maximum atomic E-state index is 11.5. The van der Waals surface area contributed by atoms with Gasteiger partial charge in [-0.15, -0.1) is 0 Å². The molecule has 0 N–H and O–H groups in total. The lowest BCUT2D eigenvalue weighted by molar-refractivity contribution is -0.142. The van der Waals surface area contributed by atoms with Gasteiger partial charge in [0.1, 0.15) is 19.0 Å². The van der Waals surface area contributed by atoms with E-state index in [1.54, 1.807) is 0 Å². The molecule has 0 fully saturated rings.